The molecule has 3 aromatic carbocycles. The molecule has 0 bridgehead atoms. The molecule has 0 saturated heterocycles. The van der Waals surface area contributed by atoms with Gasteiger partial charge in [-0.05, 0) is 37.1 Å². The molecule has 0 radical (unpaired) electrons. The fraction of sp³-hybridized carbons (Fsp3) is 0.143. The van der Waals surface area contributed by atoms with E-state index in [1.54, 1.807) is 19.1 Å². The molecule has 26 heavy (non-hydrogen) atoms. The molecule has 4 aromatic rings. The quantitative estimate of drug-likeness (QED) is 0.453. The lowest BCUT2D eigenvalue weighted by Crippen LogP contribution is -2.13. The number of fused-ring (bicyclic) bond motifs is 3. The largest absolute Gasteiger partial charge is 0.268 e. The summed E-state index contributed by atoms with van der Waals surface area (Å²) in [5.41, 5.74) is 0.460. The van der Waals surface area contributed by atoms with Gasteiger partial charge in [-0.15, -0.1) is 11.6 Å². The Kier molecular flexibility index (Phi) is 2.67. The van der Waals surface area contributed by atoms with Crippen molar-refractivity contribution in [2.24, 2.45) is 0 Å². The maximum absolute atomic E-state index is 13.9. The van der Waals surface area contributed by atoms with Crippen LogP contribution in [0.25, 0.3) is 21.8 Å². The van der Waals surface area contributed by atoms with E-state index in [-0.39, 0.29) is 50.6 Å². The van der Waals surface area contributed by atoms with Crippen molar-refractivity contribution in [3.05, 3.63) is 77.7 Å². The minimum absolute atomic E-state index is 0.00127. The van der Waals surface area contributed by atoms with E-state index in [4.69, 9.17) is 21.2 Å². The molecule has 1 aromatic heterocycles. The summed E-state index contributed by atoms with van der Waals surface area (Å²) >= 11 is 5.93. The number of halogens is 1. The van der Waals surface area contributed by atoms with Gasteiger partial charge in [0, 0.05) is 16.7 Å². The van der Waals surface area contributed by atoms with Gasteiger partial charge < -0.3 is 0 Å². The highest BCUT2D eigenvalue weighted by Gasteiger charge is 2.24. The Morgan fingerprint density at radius 3 is 2.42 bits per heavy atom. The number of alkyl halides is 1. The van der Waals surface area contributed by atoms with E-state index in [0.29, 0.717) is 0 Å². The van der Waals surface area contributed by atoms with E-state index in [9.17, 15) is 8.42 Å². The van der Waals surface area contributed by atoms with Gasteiger partial charge in [0.25, 0.3) is 10.0 Å². The second kappa shape index (κ2) is 6.45. The predicted molar refractivity (Wildman–Crippen MR) is 108 cm³/mol. The zero-order valence-corrected chi connectivity index (χ0v) is 15.3. The molecule has 0 fully saturated rings. The zero-order chi connectivity index (χ0) is 24.4. The van der Waals surface area contributed by atoms with Crippen LogP contribution in [0, 0.1) is 6.92 Å². The van der Waals surface area contributed by atoms with Crippen LogP contribution in [0.15, 0.2) is 71.5 Å². The Morgan fingerprint density at radius 1 is 1.00 bits per heavy atom. The number of aryl methyl sites for hydroxylation is 2. The Morgan fingerprint density at radius 2 is 1.69 bits per heavy atom. The molecule has 0 saturated carbocycles. The minimum atomic E-state index is -4.42. The van der Waals surface area contributed by atoms with Gasteiger partial charge in [0.2, 0.25) is 0 Å². The first-order valence-electron chi connectivity index (χ1n) is 11.4. The lowest BCUT2D eigenvalue weighted by molar-refractivity contribution is 0.590. The lowest BCUT2D eigenvalue weighted by atomic mass is 10.1. The third-order valence-corrected chi connectivity index (χ3v) is 6.05. The molecule has 0 aliphatic carbocycles. The van der Waals surface area contributed by atoms with Crippen molar-refractivity contribution < 1.29 is 18.0 Å². The van der Waals surface area contributed by atoms with Crippen LogP contribution in [0.5, 0.6) is 0 Å². The highest BCUT2D eigenvalue weighted by Crippen LogP contribution is 2.34. The fourth-order valence-electron chi connectivity index (χ4n) is 2.93. The number of benzene rings is 3. The van der Waals surface area contributed by atoms with Gasteiger partial charge in [0.15, 0.2) is 0 Å². The predicted octanol–water partition coefficient (Wildman–Crippen LogP) is 5.12. The summed E-state index contributed by atoms with van der Waals surface area (Å²) in [6, 6.07) is 2.33. The van der Waals surface area contributed by atoms with Gasteiger partial charge in [-0.3, -0.25) is 0 Å². The van der Waals surface area contributed by atoms with E-state index in [1.807, 2.05) is 0 Å². The minimum Gasteiger partial charge on any atom is -0.233 e. The van der Waals surface area contributed by atoms with Crippen molar-refractivity contribution in [1.29, 1.82) is 0 Å². The lowest BCUT2D eigenvalue weighted by Gasteiger charge is -2.12. The van der Waals surface area contributed by atoms with E-state index in [2.05, 4.69) is 0 Å². The first-order valence-corrected chi connectivity index (χ1v) is 9.83. The summed E-state index contributed by atoms with van der Waals surface area (Å²) in [7, 11) is -4.42. The molecule has 0 atom stereocenters. The Hall–Kier alpha value is -2.30. The van der Waals surface area contributed by atoms with Crippen LogP contribution < -0.4 is 0 Å². The first kappa shape index (κ1) is 10.8. The van der Waals surface area contributed by atoms with Crippen LogP contribution >= 0.6 is 11.6 Å². The van der Waals surface area contributed by atoms with Crippen LogP contribution in [-0.2, 0) is 16.4 Å². The zero-order valence-electron chi connectivity index (χ0n) is 20.8. The third kappa shape index (κ3) is 2.61. The molecule has 0 aliphatic rings. The molecule has 3 nitrogen and oxygen atoms in total. The van der Waals surface area contributed by atoms with Gasteiger partial charge in [0.1, 0.15) is 0 Å². The van der Waals surface area contributed by atoms with Crippen molar-refractivity contribution >= 4 is 43.4 Å². The molecule has 0 N–H and O–H groups in total. The smallest absolute Gasteiger partial charge is 0.233 e. The van der Waals surface area contributed by atoms with Crippen LogP contribution in [-0.4, -0.2) is 18.3 Å². The molecular weight excluding hydrogens is 366 g/mol. The Labute approximate surface area is 167 Å². The molecule has 1 heterocycles. The van der Waals surface area contributed by atoms with Crippen LogP contribution in [0.4, 0.5) is 0 Å². The van der Waals surface area contributed by atoms with Crippen molar-refractivity contribution in [3.63, 3.8) is 0 Å². The van der Waals surface area contributed by atoms with E-state index >= 15 is 0 Å². The van der Waals surface area contributed by atoms with Crippen LogP contribution in [0.3, 0.4) is 0 Å². The molecule has 4 rings (SSSR count). The number of aromatic nitrogens is 1. The summed E-state index contributed by atoms with van der Waals surface area (Å²) in [4.78, 5) is -0.121. The maximum Gasteiger partial charge on any atom is 0.268 e. The highest BCUT2D eigenvalue weighted by molar-refractivity contribution is 7.90. The van der Waals surface area contributed by atoms with Crippen molar-refractivity contribution in [3.8, 4) is 0 Å². The second-order valence-corrected chi connectivity index (χ2v) is 7.99. The molecule has 0 spiro atoms. The highest BCUT2D eigenvalue weighted by atomic mass is 35.5. The van der Waals surface area contributed by atoms with E-state index in [1.165, 1.54) is 12.1 Å². The second-order valence-electron chi connectivity index (χ2n) is 5.82. The standard InChI is InChI=1S/C21H18ClNO2S/c1-15-9-11-17(12-10-15)26(24,25)23-20-8-3-2-6-18(20)19-7-4-5-16(13-14-22)21(19)23/h2-12H,13-14H2,1H3/i2D,3D,4D,5D,6D,7D,8D. The van der Waals surface area contributed by atoms with Crippen molar-refractivity contribution in [2.75, 3.05) is 5.88 Å². The molecular formula is C21H18ClNO2S. The molecule has 0 aliphatic heterocycles. The summed E-state index contributed by atoms with van der Waals surface area (Å²) in [5, 5.41) is -0.296. The maximum atomic E-state index is 13.9. The van der Waals surface area contributed by atoms with Gasteiger partial charge in [-0.2, -0.15) is 0 Å². The SMILES string of the molecule is [2H]c1c([2H])c([2H])c2c(c1[2H])c1c([2H])c([2H])c([2H])c(CCCl)c1n2S(=O)(=O)c1ccc(C)cc1. The van der Waals surface area contributed by atoms with E-state index < -0.39 is 46.3 Å². The Bertz CT molecular complexity index is 1560. The molecule has 5 heteroatoms. The van der Waals surface area contributed by atoms with Crippen molar-refractivity contribution in [1.82, 2.24) is 3.97 Å². The summed E-state index contributed by atoms with van der Waals surface area (Å²) in [5.74, 6) is -0.00127. The summed E-state index contributed by atoms with van der Waals surface area (Å²) in [6.45, 7) is 1.79. The summed E-state index contributed by atoms with van der Waals surface area (Å²) < 4.78 is 86.7. The van der Waals surface area contributed by atoms with E-state index in [0.717, 1.165) is 9.54 Å². The van der Waals surface area contributed by atoms with Gasteiger partial charge in [-0.1, -0.05) is 54.0 Å². The van der Waals surface area contributed by atoms with Crippen LogP contribution in [0.2, 0.25) is 0 Å². The summed E-state index contributed by atoms with van der Waals surface area (Å²) in [6.07, 6.45) is 0.00488. The van der Waals surface area contributed by atoms with Gasteiger partial charge >= 0.3 is 0 Å². The number of hydrogen-bond donors (Lipinski definition) is 0. The Balaban J connectivity index is 2.40. The fourth-order valence-corrected chi connectivity index (χ4v) is 4.62. The average molecular weight is 391 g/mol. The van der Waals surface area contributed by atoms with Crippen LogP contribution in [0.1, 0.15) is 20.7 Å². The number of para-hydroxylation sites is 2. The molecule has 0 unspecified atom stereocenters. The monoisotopic (exact) mass is 390 g/mol. The third-order valence-electron chi connectivity index (χ3n) is 4.15. The number of hydrogen-bond acceptors (Lipinski definition) is 2. The first-order chi connectivity index (χ1) is 15.4. The number of rotatable bonds is 4. The molecule has 132 valence electrons. The van der Waals surface area contributed by atoms with Crippen molar-refractivity contribution in [2.45, 2.75) is 18.2 Å². The average Bonchev–Trinajstić information content (AvgIpc) is 3.15. The van der Waals surface area contributed by atoms with Gasteiger partial charge in [-0.25, -0.2) is 12.4 Å². The molecule has 0 amide bonds. The topological polar surface area (TPSA) is 39.1 Å². The number of nitrogens with zero attached hydrogens (tertiary/aromatic N) is 1. The normalized spacial score (nSPS) is 15.8. The van der Waals surface area contributed by atoms with Gasteiger partial charge in [0.05, 0.1) is 25.5 Å².